The monoisotopic (exact) mass is 499 g/mol. The molecule has 1 amide bonds. The molecule has 0 fully saturated rings. The molecule has 2 N–H and O–H groups in total. The molecule has 0 bridgehead atoms. The van der Waals surface area contributed by atoms with Crippen LogP contribution in [0.4, 0.5) is 9.18 Å². The van der Waals surface area contributed by atoms with Crippen LogP contribution in [0.25, 0.3) is 11.1 Å². The van der Waals surface area contributed by atoms with Crippen molar-refractivity contribution in [2.24, 2.45) is 0 Å². The van der Waals surface area contributed by atoms with E-state index in [1.165, 1.54) is 18.2 Å². The molecule has 33 heavy (non-hydrogen) atoms. The van der Waals surface area contributed by atoms with Crippen LogP contribution in [0.5, 0.6) is 0 Å². The zero-order chi connectivity index (χ0) is 24.8. The highest BCUT2D eigenvalue weighted by molar-refractivity contribution is 6.32. The Hall–Kier alpha value is -2.35. The Bertz CT molecular complexity index is 993. The summed E-state index contributed by atoms with van der Waals surface area (Å²) < 4.78 is 24.4. The molecule has 2 aromatic carbocycles. The highest BCUT2D eigenvalue weighted by Gasteiger charge is 2.26. The quantitative estimate of drug-likeness (QED) is 0.465. The predicted octanol–water partition coefficient (Wildman–Crippen LogP) is 5.55. The van der Waals surface area contributed by atoms with Crippen LogP contribution >= 0.6 is 23.2 Å². The minimum atomic E-state index is -1.44. The molecule has 6 nitrogen and oxygen atoms in total. The van der Waals surface area contributed by atoms with E-state index >= 15 is 0 Å². The second-order valence-corrected chi connectivity index (χ2v) is 9.32. The van der Waals surface area contributed by atoms with Crippen molar-refractivity contribution in [1.29, 1.82) is 0 Å². The standard InChI is InChI=1S/C24H28Cl2FNO5/c1-5-32-22(30)21(29)13-17(28-23(31)33-24(2,3)4)10-15-7-6-14(11-19(15)26)18-12-16(25)8-9-20(18)27/h6-9,11-12,17,21,29H,5,10,13H2,1-4H3,(H,28,31)/t17-,21-/m1/s1. The first kappa shape index (κ1) is 26.9. The molecule has 0 saturated heterocycles. The van der Waals surface area contributed by atoms with E-state index in [4.69, 9.17) is 32.7 Å². The zero-order valence-electron chi connectivity index (χ0n) is 19.0. The molecule has 0 heterocycles. The molecule has 2 atom stereocenters. The van der Waals surface area contributed by atoms with Gasteiger partial charge in [0, 0.05) is 28.1 Å². The fourth-order valence-corrected chi connectivity index (χ4v) is 3.57. The number of hydrogen-bond donors (Lipinski definition) is 2. The highest BCUT2D eigenvalue weighted by atomic mass is 35.5. The van der Waals surface area contributed by atoms with E-state index < -0.39 is 35.6 Å². The van der Waals surface area contributed by atoms with Crippen molar-refractivity contribution in [3.8, 4) is 11.1 Å². The number of carbonyl (C=O) groups is 2. The number of rotatable bonds is 8. The van der Waals surface area contributed by atoms with Crippen molar-refractivity contribution in [1.82, 2.24) is 5.32 Å². The van der Waals surface area contributed by atoms with Gasteiger partial charge in [-0.15, -0.1) is 0 Å². The van der Waals surface area contributed by atoms with E-state index in [0.29, 0.717) is 26.7 Å². The van der Waals surface area contributed by atoms with Gasteiger partial charge in [-0.1, -0.05) is 35.3 Å². The van der Waals surface area contributed by atoms with Gasteiger partial charge in [0.1, 0.15) is 11.4 Å². The molecule has 0 aliphatic heterocycles. The third-order valence-electron chi connectivity index (χ3n) is 4.55. The molecular weight excluding hydrogens is 472 g/mol. The van der Waals surface area contributed by atoms with Crippen LogP contribution in [0, 0.1) is 5.82 Å². The summed E-state index contributed by atoms with van der Waals surface area (Å²) in [6.45, 7) is 6.91. The highest BCUT2D eigenvalue weighted by Crippen LogP contribution is 2.30. The van der Waals surface area contributed by atoms with E-state index in [1.54, 1.807) is 45.9 Å². The van der Waals surface area contributed by atoms with Gasteiger partial charge in [0.25, 0.3) is 0 Å². The van der Waals surface area contributed by atoms with Crippen molar-refractivity contribution in [2.45, 2.75) is 58.3 Å². The number of alkyl carbamates (subject to hydrolysis) is 1. The minimum Gasteiger partial charge on any atom is -0.464 e. The summed E-state index contributed by atoms with van der Waals surface area (Å²) in [6.07, 6.45) is -2.06. The average molecular weight is 500 g/mol. The van der Waals surface area contributed by atoms with E-state index in [1.807, 2.05) is 0 Å². The largest absolute Gasteiger partial charge is 0.464 e. The number of halogens is 3. The Morgan fingerprint density at radius 2 is 1.85 bits per heavy atom. The van der Waals surface area contributed by atoms with Crippen molar-refractivity contribution < 1.29 is 28.6 Å². The number of nitrogens with one attached hydrogen (secondary N) is 1. The molecule has 0 radical (unpaired) electrons. The van der Waals surface area contributed by atoms with Gasteiger partial charge in [0.15, 0.2) is 6.10 Å². The van der Waals surface area contributed by atoms with Crippen molar-refractivity contribution >= 4 is 35.3 Å². The van der Waals surface area contributed by atoms with Gasteiger partial charge >= 0.3 is 12.1 Å². The number of amides is 1. The summed E-state index contributed by atoms with van der Waals surface area (Å²) >= 11 is 12.4. The number of benzene rings is 2. The maximum atomic E-state index is 14.2. The van der Waals surface area contributed by atoms with Crippen molar-refractivity contribution in [2.75, 3.05) is 6.61 Å². The molecule has 0 spiro atoms. The average Bonchev–Trinajstić information content (AvgIpc) is 2.70. The Kier molecular flexibility index (Phi) is 9.52. The van der Waals surface area contributed by atoms with Gasteiger partial charge in [0.2, 0.25) is 0 Å². The fraction of sp³-hybridized carbons (Fsp3) is 0.417. The van der Waals surface area contributed by atoms with E-state index in [0.717, 1.165) is 0 Å². The lowest BCUT2D eigenvalue weighted by atomic mass is 9.97. The smallest absolute Gasteiger partial charge is 0.407 e. The molecule has 9 heteroatoms. The van der Waals surface area contributed by atoms with Gasteiger partial charge in [-0.3, -0.25) is 0 Å². The lowest BCUT2D eigenvalue weighted by molar-refractivity contribution is -0.153. The summed E-state index contributed by atoms with van der Waals surface area (Å²) in [5, 5.41) is 13.6. The minimum absolute atomic E-state index is 0.112. The Morgan fingerprint density at radius 3 is 2.45 bits per heavy atom. The maximum Gasteiger partial charge on any atom is 0.407 e. The van der Waals surface area contributed by atoms with Gasteiger partial charge < -0.3 is 19.9 Å². The number of esters is 1. The number of ether oxygens (including phenoxy) is 2. The molecule has 180 valence electrons. The van der Waals surface area contributed by atoms with Crippen LogP contribution in [-0.4, -0.2) is 41.5 Å². The second kappa shape index (κ2) is 11.7. The summed E-state index contributed by atoms with van der Waals surface area (Å²) in [7, 11) is 0. The summed E-state index contributed by atoms with van der Waals surface area (Å²) in [4.78, 5) is 24.2. The first-order valence-electron chi connectivity index (χ1n) is 10.5. The van der Waals surface area contributed by atoms with Crippen LogP contribution in [0.15, 0.2) is 36.4 Å². The molecular formula is C24H28Cl2FNO5. The van der Waals surface area contributed by atoms with Crippen LogP contribution in [0.2, 0.25) is 10.0 Å². The second-order valence-electron chi connectivity index (χ2n) is 8.48. The molecule has 0 unspecified atom stereocenters. The molecule has 0 aliphatic rings. The summed E-state index contributed by atoms with van der Waals surface area (Å²) in [6, 6.07) is 8.52. The fourth-order valence-electron chi connectivity index (χ4n) is 3.14. The van der Waals surface area contributed by atoms with Crippen molar-refractivity contribution in [3.05, 3.63) is 57.8 Å². The molecule has 0 aliphatic carbocycles. The Balaban J connectivity index is 2.25. The predicted molar refractivity (Wildman–Crippen MR) is 126 cm³/mol. The van der Waals surface area contributed by atoms with E-state index in [-0.39, 0.29) is 19.4 Å². The lowest BCUT2D eigenvalue weighted by Crippen LogP contribution is -2.43. The third kappa shape index (κ3) is 8.50. The topological polar surface area (TPSA) is 84.9 Å². The summed E-state index contributed by atoms with van der Waals surface area (Å²) in [5.41, 5.74) is 0.735. The Morgan fingerprint density at radius 1 is 1.15 bits per heavy atom. The van der Waals surface area contributed by atoms with E-state index in [2.05, 4.69) is 5.32 Å². The van der Waals surface area contributed by atoms with Gasteiger partial charge in [-0.2, -0.15) is 0 Å². The number of aliphatic hydroxyl groups excluding tert-OH is 1. The molecule has 2 rings (SSSR count). The van der Waals surface area contributed by atoms with Crippen LogP contribution in [0.1, 0.15) is 39.7 Å². The molecule has 0 aromatic heterocycles. The van der Waals surface area contributed by atoms with Crippen LogP contribution in [-0.2, 0) is 20.7 Å². The van der Waals surface area contributed by atoms with Gasteiger partial charge in [-0.05, 0) is 69.5 Å². The van der Waals surface area contributed by atoms with Gasteiger partial charge in [0.05, 0.1) is 6.61 Å². The van der Waals surface area contributed by atoms with Gasteiger partial charge in [-0.25, -0.2) is 14.0 Å². The SMILES string of the molecule is CCOC(=O)[C@H](O)C[C@@H](Cc1ccc(-c2cc(Cl)ccc2F)cc1Cl)NC(=O)OC(C)(C)C. The first-order valence-corrected chi connectivity index (χ1v) is 11.2. The number of hydrogen-bond acceptors (Lipinski definition) is 5. The van der Waals surface area contributed by atoms with Crippen LogP contribution < -0.4 is 5.32 Å². The Labute approximate surface area is 203 Å². The first-order chi connectivity index (χ1) is 15.4. The van der Waals surface area contributed by atoms with Crippen LogP contribution in [0.3, 0.4) is 0 Å². The number of carbonyl (C=O) groups excluding carboxylic acids is 2. The van der Waals surface area contributed by atoms with Crippen molar-refractivity contribution in [3.63, 3.8) is 0 Å². The van der Waals surface area contributed by atoms with E-state index in [9.17, 15) is 19.1 Å². The summed E-state index contributed by atoms with van der Waals surface area (Å²) in [5.74, 6) is -1.23. The maximum absolute atomic E-state index is 14.2. The molecule has 0 saturated carbocycles. The number of aliphatic hydroxyl groups is 1. The third-order valence-corrected chi connectivity index (χ3v) is 5.13. The zero-order valence-corrected chi connectivity index (χ0v) is 20.5. The normalized spacial score (nSPS) is 13.2. The lowest BCUT2D eigenvalue weighted by Gasteiger charge is -2.25. The molecule has 2 aromatic rings.